The maximum Gasteiger partial charge on any atom is 0.226 e. The van der Waals surface area contributed by atoms with Gasteiger partial charge < -0.3 is 10.6 Å². The van der Waals surface area contributed by atoms with E-state index in [0.717, 1.165) is 62.6 Å². The molecule has 0 aromatic carbocycles. The molecular formula is C17H28N4OS. The zero-order valence-corrected chi connectivity index (χ0v) is 14.9. The smallest absolute Gasteiger partial charge is 0.226 e. The second-order valence-electron chi connectivity index (χ2n) is 6.83. The van der Waals surface area contributed by atoms with Crippen LogP contribution in [0.5, 0.6) is 0 Å². The molecule has 0 aliphatic carbocycles. The fraction of sp³-hybridized carbons (Fsp3) is 0.765. The van der Waals surface area contributed by atoms with Crippen LogP contribution in [0.2, 0.25) is 0 Å². The van der Waals surface area contributed by atoms with E-state index in [4.69, 9.17) is 5.73 Å². The number of likely N-dealkylation sites (tertiary alicyclic amines) is 2. The summed E-state index contributed by atoms with van der Waals surface area (Å²) >= 11 is 1.71. The Balaban J connectivity index is 1.50. The first kappa shape index (κ1) is 16.9. The minimum atomic E-state index is 0.190. The fourth-order valence-corrected chi connectivity index (χ4v) is 4.42. The molecule has 2 aliphatic rings. The van der Waals surface area contributed by atoms with Gasteiger partial charge in [-0.15, -0.1) is 11.3 Å². The number of rotatable bonds is 4. The van der Waals surface area contributed by atoms with E-state index >= 15 is 0 Å². The van der Waals surface area contributed by atoms with Crippen molar-refractivity contribution in [1.82, 2.24) is 14.8 Å². The molecule has 1 aromatic heterocycles. The van der Waals surface area contributed by atoms with Crippen LogP contribution in [0, 0.1) is 12.8 Å². The quantitative estimate of drug-likeness (QED) is 0.913. The molecule has 3 rings (SSSR count). The third kappa shape index (κ3) is 4.11. The molecular weight excluding hydrogens is 308 g/mol. The minimum absolute atomic E-state index is 0.190. The van der Waals surface area contributed by atoms with Gasteiger partial charge in [0.1, 0.15) is 0 Å². The van der Waals surface area contributed by atoms with Crippen LogP contribution in [-0.4, -0.2) is 52.9 Å². The van der Waals surface area contributed by atoms with E-state index in [2.05, 4.69) is 20.2 Å². The summed E-state index contributed by atoms with van der Waals surface area (Å²) < 4.78 is 0. The summed E-state index contributed by atoms with van der Waals surface area (Å²) in [5.41, 5.74) is 7.03. The number of hydrogen-bond acceptors (Lipinski definition) is 5. The number of carbonyl (C=O) groups excluding carboxylic acids is 1. The lowest BCUT2D eigenvalue weighted by Gasteiger charge is -2.39. The van der Waals surface area contributed by atoms with Gasteiger partial charge in [0.05, 0.1) is 10.7 Å². The van der Waals surface area contributed by atoms with Crippen LogP contribution in [0.25, 0.3) is 0 Å². The molecule has 0 radical (unpaired) electrons. The third-order valence-corrected chi connectivity index (χ3v) is 5.99. The number of aromatic nitrogens is 1. The summed E-state index contributed by atoms with van der Waals surface area (Å²) in [6.45, 7) is 6.46. The molecule has 2 saturated heterocycles. The summed E-state index contributed by atoms with van der Waals surface area (Å²) in [5.74, 6) is 0.542. The van der Waals surface area contributed by atoms with Crippen LogP contribution >= 0.6 is 11.3 Å². The Morgan fingerprint density at radius 1 is 1.30 bits per heavy atom. The van der Waals surface area contributed by atoms with Crippen molar-refractivity contribution in [2.24, 2.45) is 11.7 Å². The Morgan fingerprint density at radius 2 is 2.09 bits per heavy atom. The van der Waals surface area contributed by atoms with Gasteiger partial charge in [-0.2, -0.15) is 0 Å². The van der Waals surface area contributed by atoms with Crippen LogP contribution < -0.4 is 5.73 Å². The number of aryl methyl sites for hydroxylation is 1. The van der Waals surface area contributed by atoms with E-state index in [1.807, 2.05) is 6.92 Å². The van der Waals surface area contributed by atoms with Gasteiger partial charge in [0.25, 0.3) is 0 Å². The lowest BCUT2D eigenvalue weighted by molar-refractivity contribution is -0.140. The maximum atomic E-state index is 12.8. The van der Waals surface area contributed by atoms with Crippen molar-refractivity contribution in [3.63, 3.8) is 0 Å². The van der Waals surface area contributed by atoms with Crippen LogP contribution in [0.1, 0.15) is 42.8 Å². The Kier molecular flexibility index (Phi) is 5.67. The highest BCUT2D eigenvalue weighted by Gasteiger charge is 2.32. The van der Waals surface area contributed by atoms with Gasteiger partial charge >= 0.3 is 0 Å². The van der Waals surface area contributed by atoms with Gasteiger partial charge in [0, 0.05) is 37.0 Å². The zero-order valence-electron chi connectivity index (χ0n) is 14.0. The molecule has 23 heavy (non-hydrogen) atoms. The van der Waals surface area contributed by atoms with E-state index in [1.165, 1.54) is 6.42 Å². The highest BCUT2D eigenvalue weighted by molar-refractivity contribution is 7.09. The second kappa shape index (κ2) is 7.73. The van der Waals surface area contributed by atoms with Crippen LogP contribution in [0.4, 0.5) is 0 Å². The Morgan fingerprint density at radius 3 is 2.74 bits per heavy atom. The molecule has 0 spiro atoms. The molecule has 1 amide bonds. The number of nitrogens with zero attached hydrogens (tertiary/aromatic N) is 3. The normalized spacial score (nSPS) is 24.1. The second-order valence-corrected chi connectivity index (χ2v) is 7.89. The van der Waals surface area contributed by atoms with Crippen molar-refractivity contribution in [3.8, 4) is 0 Å². The average Bonchev–Trinajstić information content (AvgIpc) is 3.00. The van der Waals surface area contributed by atoms with Gasteiger partial charge in [-0.1, -0.05) is 0 Å². The zero-order chi connectivity index (χ0) is 16.2. The summed E-state index contributed by atoms with van der Waals surface area (Å²) in [6.07, 6.45) is 5.34. The maximum absolute atomic E-state index is 12.8. The van der Waals surface area contributed by atoms with Gasteiger partial charge in [-0.05, 0) is 52.1 Å². The molecule has 0 saturated carbocycles. The van der Waals surface area contributed by atoms with Crippen molar-refractivity contribution in [3.05, 3.63) is 16.1 Å². The molecule has 2 aliphatic heterocycles. The first-order valence-electron chi connectivity index (χ1n) is 8.81. The molecule has 1 atom stereocenters. The number of carbonyl (C=O) groups is 1. The summed E-state index contributed by atoms with van der Waals surface area (Å²) in [5, 5.41) is 3.27. The molecule has 2 N–H and O–H groups in total. The third-order valence-electron chi connectivity index (χ3n) is 5.17. The van der Waals surface area contributed by atoms with Crippen LogP contribution in [0.3, 0.4) is 0 Å². The van der Waals surface area contributed by atoms with Gasteiger partial charge in [-0.25, -0.2) is 4.98 Å². The van der Waals surface area contributed by atoms with E-state index in [-0.39, 0.29) is 12.0 Å². The number of thiazole rings is 1. The summed E-state index contributed by atoms with van der Waals surface area (Å²) in [4.78, 5) is 21.9. The summed E-state index contributed by atoms with van der Waals surface area (Å²) in [7, 11) is 0. The van der Waals surface area contributed by atoms with Gasteiger partial charge in [0.15, 0.2) is 0 Å². The highest BCUT2D eigenvalue weighted by atomic mass is 32.1. The molecule has 2 fully saturated rings. The van der Waals surface area contributed by atoms with Crippen LogP contribution in [-0.2, 0) is 11.3 Å². The molecule has 5 nitrogen and oxygen atoms in total. The Labute approximate surface area is 142 Å². The molecule has 0 bridgehead atoms. The largest absolute Gasteiger partial charge is 0.338 e. The standard InChI is InChI=1S/C17H28N4OS/c1-13-19-15(12-23-13)11-20-8-5-14(6-9-20)17(22)21-7-3-2-4-16(21)10-18/h12,14,16H,2-11,18H2,1H3. The van der Waals surface area contributed by atoms with E-state index in [1.54, 1.807) is 11.3 Å². The number of hydrogen-bond donors (Lipinski definition) is 1. The first-order valence-corrected chi connectivity index (χ1v) is 9.69. The molecule has 1 unspecified atom stereocenters. The predicted molar refractivity (Wildman–Crippen MR) is 93.3 cm³/mol. The first-order chi connectivity index (χ1) is 11.2. The highest BCUT2D eigenvalue weighted by Crippen LogP contribution is 2.25. The van der Waals surface area contributed by atoms with Crippen molar-refractivity contribution in [2.45, 2.75) is 51.6 Å². The fourth-order valence-electron chi connectivity index (χ4n) is 3.82. The SMILES string of the molecule is Cc1nc(CN2CCC(C(=O)N3CCCCC3CN)CC2)cs1. The molecule has 3 heterocycles. The minimum Gasteiger partial charge on any atom is -0.338 e. The molecule has 128 valence electrons. The topological polar surface area (TPSA) is 62.5 Å². The summed E-state index contributed by atoms with van der Waals surface area (Å²) in [6, 6.07) is 0.271. The number of amides is 1. The van der Waals surface area contributed by atoms with Crippen molar-refractivity contribution in [2.75, 3.05) is 26.2 Å². The lowest BCUT2D eigenvalue weighted by Crippen LogP contribution is -2.51. The van der Waals surface area contributed by atoms with E-state index in [9.17, 15) is 4.79 Å². The van der Waals surface area contributed by atoms with Crippen molar-refractivity contribution >= 4 is 17.2 Å². The Bertz CT molecular complexity index is 524. The predicted octanol–water partition coefficient (Wildman–Crippen LogP) is 2.00. The Hall–Kier alpha value is -0.980. The monoisotopic (exact) mass is 336 g/mol. The molecule has 1 aromatic rings. The molecule has 6 heteroatoms. The average molecular weight is 337 g/mol. The lowest BCUT2D eigenvalue weighted by atomic mass is 9.92. The van der Waals surface area contributed by atoms with Crippen molar-refractivity contribution < 1.29 is 4.79 Å². The van der Waals surface area contributed by atoms with Gasteiger partial charge in [0.2, 0.25) is 5.91 Å². The van der Waals surface area contributed by atoms with E-state index < -0.39 is 0 Å². The van der Waals surface area contributed by atoms with E-state index in [0.29, 0.717) is 12.5 Å². The van der Waals surface area contributed by atoms with Crippen LogP contribution in [0.15, 0.2) is 5.38 Å². The van der Waals surface area contributed by atoms with Crippen molar-refractivity contribution in [1.29, 1.82) is 0 Å². The van der Waals surface area contributed by atoms with Gasteiger partial charge in [-0.3, -0.25) is 9.69 Å². The number of piperidine rings is 2. The number of nitrogens with two attached hydrogens (primary N) is 1.